The zero-order valence-corrected chi connectivity index (χ0v) is 10.1. The van der Waals surface area contributed by atoms with Crippen molar-refractivity contribution in [3.05, 3.63) is 0 Å². The summed E-state index contributed by atoms with van der Waals surface area (Å²) >= 11 is 1.62. The summed E-state index contributed by atoms with van der Waals surface area (Å²) in [6, 6.07) is -0.585. The number of urea groups is 1. The first kappa shape index (κ1) is 12.5. The zero-order valence-electron chi connectivity index (χ0n) is 9.31. The smallest absolute Gasteiger partial charge is 0.317 e. The summed E-state index contributed by atoms with van der Waals surface area (Å²) in [6.07, 6.45) is 2.43. The van der Waals surface area contributed by atoms with E-state index in [-0.39, 0.29) is 23.7 Å². The van der Waals surface area contributed by atoms with Crippen LogP contribution in [0.25, 0.3) is 0 Å². The third kappa shape index (κ3) is 2.66. The Morgan fingerprint density at radius 3 is 3.00 bits per heavy atom. The van der Waals surface area contributed by atoms with Crippen LogP contribution in [0.5, 0.6) is 0 Å². The molecule has 0 saturated carbocycles. The molecule has 0 spiro atoms. The maximum Gasteiger partial charge on any atom is 0.317 e. The van der Waals surface area contributed by atoms with Gasteiger partial charge in [-0.2, -0.15) is 11.8 Å². The van der Waals surface area contributed by atoms with E-state index in [1.54, 1.807) is 11.8 Å². The van der Waals surface area contributed by atoms with Gasteiger partial charge in [0.15, 0.2) is 5.72 Å². The number of carbonyl (C=O) groups is 2. The van der Waals surface area contributed by atoms with Crippen LogP contribution in [0.2, 0.25) is 0 Å². The molecule has 2 amide bonds. The highest BCUT2D eigenvalue weighted by atomic mass is 32.2. The summed E-state index contributed by atoms with van der Waals surface area (Å²) < 4.78 is 0. The SMILES string of the molecule is O=C(O)CCCCC1SCC2(O)NC(=O)NC12. The number of nitrogens with one attached hydrogen (secondary N) is 2. The number of carbonyl (C=O) groups excluding carboxylic acids is 1. The van der Waals surface area contributed by atoms with Crippen LogP contribution in [-0.4, -0.2) is 45.0 Å². The molecule has 2 saturated heterocycles. The standard InChI is InChI=1S/C10H16N2O4S/c13-7(14)4-2-1-3-6-8-10(16,5-17-6)12-9(15)11-8/h6,8,16H,1-5H2,(H,13,14)(H2,11,12,15). The van der Waals surface area contributed by atoms with Crippen LogP contribution in [0.4, 0.5) is 4.79 Å². The highest BCUT2D eigenvalue weighted by molar-refractivity contribution is 8.00. The fourth-order valence-corrected chi connectivity index (χ4v) is 3.84. The van der Waals surface area contributed by atoms with Crippen molar-refractivity contribution >= 4 is 23.8 Å². The molecule has 0 aliphatic carbocycles. The first-order valence-corrected chi connectivity index (χ1v) is 6.70. The Bertz CT molecular complexity index is 338. The van der Waals surface area contributed by atoms with E-state index in [0.717, 1.165) is 12.8 Å². The molecule has 2 fully saturated rings. The van der Waals surface area contributed by atoms with E-state index in [4.69, 9.17) is 5.11 Å². The minimum atomic E-state index is -1.13. The van der Waals surface area contributed by atoms with Gasteiger partial charge in [0, 0.05) is 17.4 Å². The van der Waals surface area contributed by atoms with Crippen molar-refractivity contribution in [2.45, 2.75) is 42.7 Å². The van der Waals surface area contributed by atoms with Crippen molar-refractivity contribution in [1.29, 1.82) is 0 Å². The van der Waals surface area contributed by atoms with Crippen molar-refractivity contribution in [1.82, 2.24) is 10.6 Å². The van der Waals surface area contributed by atoms with Crippen molar-refractivity contribution in [3.8, 4) is 0 Å². The van der Waals surface area contributed by atoms with Crippen LogP contribution in [0, 0.1) is 0 Å². The molecule has 7 heteroatoms. The topological polar surface area (TPSA) is 98.7 Å². The predicted octanol–water partition coefficient (Wildman–Crippen LogP) is 0.117. The van der Waals surface area contributed by atoms with E-state index in [9.17, 15) is 14.7 Å². The van der Waals surface area contributed by atoms with Gasteiger partial charge >= 0.3 is 12.0 Å². The Balaban J connectivity index is 1.79. The largest absolute Gasteiger partial charge is 0.481 e. The molecule has 0 aromatic rings. The monoisotopic (exact) mass is 260 g/mol. The van der Waals surface area contributed by atoms with E-state index >= 15 is 0 Å². The number of thioether (sulfide) groups is 1. The average molecular weight is 260 g/mol. The molecular formula is C10H16N2O4S. The van der Waals surface area contributed by atoms with Gasteiger partial charge in [-0.15, -0.1) is 0 Å². The molecule has 2 aliphatic heterocycles. The minimum absolute atomic E-state index is 0.160. The van der Waals surface area contributed by atoms with Gasteiger partial charge in [0.2, 0.25) is 0 Å². The molecule has 0 radical (unpaired) electrons. The Labute approximate surface area is 103 Å². The summed E-state index contributed by atoms with van der Waals surface area (Å²) in [6.45, 7) is 0. The lowest BCUT2D eigenvalue weighted by molar-refractivity contribution is -0.137. The normalized spacial score (nSPS) is 35.2. The molecule has 3 unspecified atom stereocenters. The van der Waals surface area contributed by atoms with Gasteiger partial charge < -0.3 is 20.8 Å². The number of hydrogen-bond donors (Lipinski definition) is 4. The number of carboxylic acid groups (broad SMARTS) is 1. The molecule has 17 heavy (non-hydrogen) atoms. The second-order valence-corrected chi connectivity index (χ2v) is 5.72. The molecule has 0 aromatic carbocycles. The van der Waals surface area contributed by atoms with Crippen molar-refractivity contribution in [3.63, 3.8) is 0 Å². The third-order valence-corrected chi connectivity index (χ3v) is 4.69. The van der Waals surface area contributed by atoms with Crippen LogP contribution in [0.15, 0.2) is 0 Å². The third-order valence-electron chi connectivity index (χ3n) is 3.15. The molecule has 0 bridgehead atoms. The summed E-state index contributed by atoms with van der Waals surface area (Å²) in [5.74, 6) is -0.295. The van der Waals surface area contributed by atoms with E-state index in [1.807, 2.05) is 0 Å². The number of carboxylic acids is 1. The number of aliphatic hydroxyl groups is 1. The number of rotatable bonds is 5. The first-order valence-electron chi connectivity index (χ1n) is 5.66. The average Bonchev–Trinajstić information content (AvgIpc) is 2.66. The lowest BCUT2D eigenvalue weighted by atomic mass is 10.0. The van der Waals surface area contributed by atoms with Gasteiger partial charge in [-0.25, -0.2) is 4.79 Å². The summed E-state index contributed by atoms with van der Waals surface area (Å²) in [4.78, 5) is 21.5. The summed E-state index contributed by atoms with van der Waals surface area (Å²) in [5, 5.41) is 24.0. The number of fused-ring (bicyclic) bond motifs is 1. The Morgan fingerprint density at radius 2 is 2.29 bits per heavy atom. The molecule has 96 valence electrons. The fraction of sp³-hybridized carbons (Fsp3) is 0.800. The number of hydrogen-bond acceptors (Lipinski definition) is 4. The summed E-state index contributed by atoms with van der Waals surface area (Å²) in [5.41, 5.74) is -1.13. The van der Waals surface area contributed by atoms with Gasteiger partial charge in [0.05, 0.1) is 6.04 Å². The molecule has 2 heterocycles. The van der Waals surface area contributed by atoms with E-state index < -0.39 is 11.7 Å². The second-order valence-electron chi connectivity index (χ2n) is 4.49. The van der Waals surface area contributed by atoms with Crippen LogP contribution in [-0.2, 0) is 4.79 Å². The summed E-state index contributed by atoms with van der Waals surface area (Å²) in [7, 11) is 0. The first-order chi connectivity index (χ1) is 8.01. The molecule has 3 atom stereocenters. The quantitative estimate of drug-likeness (QED) is 0.415. The number of aliphatic carboxylic acids is 1. The predicted molar refractivity (Wildman–Crippen MR) is 62.8 cm³/mol. The van der Waals surface area contributed by atoms with Gasteiger partial charge in [0.1, 0.15) is 0 Å². The van der Waals surface area contributed by atoms with Crippen molar-refractivity contribution in [2.24, 2.45) is 0 Å². The van der Waals surface area contributed by atoms with Crippen molar-refractivity contribution < 1.29 is 19.8 Å². The highest BCUT2D eigenvalue weighted by Gasteiger charge is 2.53. The van der Waals surface area contributed by atoms with E-state index in [1.165, 1.54) is 0 Å². The zero-order chi connectivity index (χ0) is 12.5. The fourth-order valence-electron chi connectivity index (χ4n) is 2.30. The Kier molecular flexibility index (Phi) is 3.48. The van der Waals surface area contributed by atoms with E-state index in [0.29, 0.717) is 12.2 Å². The molecule has 2 aliphatic rings. The molecule has 0 aromatic heterocycles. The molecule has 6 nitrogen and oxygen atoms in total. The molecule has 2 rings (SSSR count). The van der Waals surface area contributed by atoms with E-state index in [2.05, 4.69) is 10.6 Å². The van der Waals surface area contributed by atoms with Gasteiger partial charge in [-0.05, 0) is 12.8 Å². The van der Waals surface area contributed by atoms with Gasteiger partial charge in [-0.3, -0.25) is 4.79 Å². The Morgan fingerprint density at radius 1 is 1.53 bits per heavy atom. The maximum atomic E-state index is 11.2. The van der Waals surface area contributed by atoms with Crippen LogP contribution >= 0.6 is 11.8 Å². The van der Waals surface area contributed by atoms with Crippen molar-refractivity contribution in [2.75, 3.05) is 5.75 Å². The molecule has 4 N–H and O–H groups in total. The Hall–Kier alpha value is -0.950. The number of unbranched alkanes of at least 4 members (excludes halogenated alkanes) is 1. The van der Waals surface area contributed by atoms with Gasteiger partial charge in [-0.1, -0.05) is 6.42 Å². The van der Waals surface area contributed by atoms with Gasteiger partial charge in [0.25, 0.3) is 0 Å². The molecular weight excluding hydrogens is 244 g/mol. The maximum absolute atomic E-state index is 11.2. The number of amides is 2. The van der Waals surface area contributed by atoms with Crippen LogP contribution in [0.1, 0.15) is 25.7 Å². The lowest BCUT2D eigenvalue weighted by Gasteiger charge is -2.22. The lowest BCUT2D eigenvalue weighted by Crippen LogP contribution is -2.50. The highest BCUT2D eigenvalue weighted by Crippen LogP contribution is 2.38. The van der Waals surface area contributed by atoms with Crippen LogP contribution < -0.4 is 10.6 Å². The second kappa shape index (κ2) is 4.73. The minimum Gasteiger partial charge on any atom is -0.481 e. The van der Waals surface area contributed by atoms with Crippen LogP contribution in [0.3, 0.4) is 0 Å².